The molecule has 0 fully saturated rings. The first-order valence-corrected chi connectivity index (χ1v) is 6.61. The number of nitrogens with two attached hydrogens (primary N) is 1. The summed E-state index contributed by atoms with van der Waals surface area (Å²) < 4.78 is 46.2. The van der Waals surface area contributed by atoms with Crippen LogP contribution in [0.4, 0.5) is 18.9 Å². The van der Waals surface area contributed by atoms with E-state index in [1.54, 1.807) is 32.9 Å². The summed E-state index contributed by atoms with van der Waals surface area (Å²) in [5.74, 6) is -0.934. The molecule has 1 heterocycles. The van der Waals surface area contributed by atoms with E-state index < -0.39 is 17.6 Å². The number of imidazole rings is 1. The fourth-order valence-electron chi connectivity index (χ4n) is 2.34. The van der Waals surface area contributed by atoms with Crippen molar-refractivity contribution in [3.05, 3.63) is 24.0 Å². The predicted octanol–water partition coefficient (Wildman–Crippen LogP) is 3.45. The Labute approximate surface area is 120 Å². The summed E-state index contributed by atoms with van der Waals surface area (Å²) in [6.07, 6.45) is -4.53. The summed E-state index contributed by atoms with van der Waals surface area (Å²) in [7, 11) is 0. The number of fused-ring (bicyclic) bond motifs is 1. The number of alkyl halides is 3. The predicted molar refractivity (Wildman–Crippen MR) is 74.9 cm³/mol. The van der Waals surface area contributed by atoms with E-state index in [4.69, 9.17) is 10.5 Å². The summed E-state index contributed by atoms with van der Waals surface area (Å²) in [6, 6.07) is 4.55. The van der Waals surface area contributed by atoms with Crippen LogP contribution in [0.25, 0.3) is 11.0 Å². The molecule has 2 aromatic rings. The van der Waals surface area contributed by atoms with E-state index >= 15 is 0 Å². The quantitative estimate of drug-likeness (QED) is 0.880. The Kier molecular flexibility index (Phi) is 3.88. The van der Waals surface area contributed by atoms with Crippen molar-refractivity contribution >= 4 is 16.7 Å². The van der Waals surface area contributed by atoms with Crippen LogP contribution in [0.3, 0.4) is 0 Å². The molecule has 0 aliphatic carbocycles. The molecule has 0 unspecified atom stereocenters. The standard InChI is InChI=1S/C14H18F3N3O/c1-4-21-13(2,3)8-20-11-6-5-9(18)7-10(11)19-12(20)14(15,16)17/h5-7H,4,8,18H2,1-3H3. The van der Waals surface area contributed by atoms with Gasteiger partial charge in [-0.1, -0.05) is 0 Å². The highest BCUT2D eigenvalue weighted by atomic mass is 19.4. The van der Waals surface area contributed by atoms with Gasteiger partial charge in [0, 0.05) is 12.3 Å². The highest BCUT2D eigenvalue weighted by Crippen LogP contribution is 2.33. The molecular formula is C14H18F3N3O. The van der Waals surface area contributed by atoms with Crippen molar-refractivity contribution in [2.45, 2.75) is 39.1 Å². The van der Waals surface area contributed by atoms with Gasteiger partial charge >= 0.3 is 6.18 Å². The monoisotopic (exact) mass is 301 g/mol. The second-order valence-corrected chi connectivity index (χ2v) is 5.46. The molecule has 116 valence electrons. The molecule has 0 saturated heterocycles. The summed E-state index contributed by atoms with van der Waals surface area (Å²) in [5.41, 5.74) is 5.88. The van der Waals surface area contributed by atoms with Crippen molar-refractivity contribution in [1.82, 2.24) is 9.55 Å². The van der Waals surface area contributed by atoms with Gasteiger partial charge in [-0.3, -0.25) is 0 Å². The van der Waals surface area contributed by atoms with E-state index in [0.29, 0.717) is 17.8 Å². The Morgan fingerprint density at radius 3 is 2.52 bits per heavy atom. The van der Waals surface area contributed by atoms with Crippen LogP contribution in [0.2, 0.25) is 0 Å². The number of halogens is 3. The molecule has 0 spiro atoms. The van der Waals surface area contributed by atoms with Crippen LogP contribution in [-0.2, 0) is 17.5 Å². The number of rotatable bonds is 4. The van der Waals surface area contributed by atoms with Gasteiger partial charge in [0.05, 0.1) is 23.2 Å². The second kappa shape index (κ2) is 5.22. The average molecular weight is 301 g/mol. The summed E-state index contributed by atoms with van der Waals surface area (Å²) in [5, 5.41) is 0. The largest absolute Gasteiger partial charge is 0.449 e. The number of hydrogen-bond acceptors (Lipinski definition) is 3. The number of hydrogen-bond donors (Lipinski definition) is 1. The lowest BCUT2D eigenvalue weighted by atomic mass is 10.1. The minimum Gasteiger partial charge on any atom is -0.399 e. The van der Waals surface area contributed by atoms with E-state index in [1.807, 2.05) is 0 Å². The number of benzene rings is 1. The molecule has 4 nitrogen and oxygen atoms in total. The zero-order valence-corrected chi connectivity index (χ0v) is 12.2. The lowest BCUT2D eigenvalue weighted by Gasteiger charge is -2.26. The molecule has 1 aromatic heterocycles. The molecule has 0 saturated carbocycles. The van der Waals surface area contributed by atoms with Crippen molar-refractivity contribution in [3.8, 4) is 0 Å². The highest BCUT2D eigenvalue weighted by Gasteiger charge is 2.38. The maximum absolute atomic E-state index is 13.2. The Morgan fingerprint density at radius 2 is 1.95 bits per heavy atom. The molecule has 0 aliphatic heterocycles. The van der Waals surface area contributed by atoms with Crippen molar-refractivity contribution in [3.63, 3.8) is 0 Å². The summed E-state index contributed by atoms with van der Waals surface area (Å²) in [4.78, 5) is 3.69. The van der Waals surface area contributed by atoms with Crippen LogP contribution in [0, 0.1) is 0 Å². The third-order valence-corrected chi connectivity index (χ3v) is 3.10. The molecule has 21 heavy (non-hydrogen) atoms. The molecular weight excluding hydrogens is 283 g/mol. The topological polar surface area (TPSA) is 53.1 Å². The van der Waals surface area contributed by atoms with E-state index in [0.717, 1.165) is 4.57 Å². The fraction of sp³-hybridized carbons (Fsp3) is 0.500. The van der Waals surface area contributed by atoms with Gasteiger partial charge in [0.2, 0.25) is 5.82 Å². The minimum atomic E-state index is -4.53. The highest BCUT2D eigenvalue weighted by molar-refractivity contribution is 5.79. The first-order valence-electron chi connectivity index (χ1n) is 6.61. The molecule has 0 aliphatic rings. The number of ether oxygens (including phenoxy) is 1. The van der Waals surface area contributed by atoms with Crippen LogP contribution >= 0.6 is 0 Å². The Hall–Kier alpha value is -1.76. The average Bonchev–Trinajstić information content (AvgIpc) is 2.66. The Bertz CT molecular complexity index is 647. The lowest BCUT2D eigenvalue weighted by Crippen LogP contribution is -2.32. The van der Waals surface area contributed by atoms with E-state index in [2.05, 4.69) is 4.98 Å². The first-order chi connectivity index (χ1) is 9.64. The molecule has 0 atom stereocenters. The van der Waals surface area contributed by atoms with Gasteiger partial charge in [-0.25, -0.2) is 4.98 Å². The van der Waals surface area contributed by atoms with E-state index in [1.165, 1.54) is 6.07 Å². The van der Waals surface area contributed by atoms with Crippen LogP contribution in [0.15, 0.2) is 18.2 Å². The van der Waals surface area contributed by atoms with Crippen molar-refractivity contribution < 1.29 is 17.9 Å². The van der Waals surface area contributed by atoms with Crippen molar-refractivity contribution in [2.75, 3.05) is 12.3 Å². The third kappa shape index (κ3) is 3.29. The number of aromatic nitrogens is 2. The number of anilines is 1. The Morgan fingerprint density at radius 1 is 1.29 bits per heavy atom. The zero-order valence-electron chi connectivity index (χ0n) is 12.2. The van der Waals surface area contributed by atoms with Gasteiger partial charge in [0.15, 0.2) is 0 Å². The minimum absolute atomic E-state index is 0.0517. The summed E-state index contributed by atoms with van der Waals surface area (Å²) in [6.45, 7) is 5.78. The Balaban J connectivity index is 2.58. The van der Waals surface area contributed by atoms with Crippen molar-refractivity contribution in [1.29, 1.82) is 0 Å². The van der Waals surface area contributed by atoms with E-state index in [9.17, 15) is 13.2 Å². The fourth-order valence-corrected chi connectivity index (χ4v) is 2.34. The number of nitrogen functional groups attached to an aromatic ring is 1. The molecule has 2 rings (SSSR count). The van der Waals surface area contributed by atoms with Gasteiger partial charge in [-0.15, -0.1) is 0 Å². The van der Waals surface area contributed by atoms with Crippen molar-refractivity contribution in [2.24, 2.45) is 0 Å². The lowest BCUT2D eigenvalue weighted by molar-refractivity contribution is -0.148. The molecule has 7 heteroatoms. The molecule has 0 bridgehead atoms. The van der Waals surface area contributed by atoms with Crippen LogP contribution < -0.4 is 5.73 Å². The first kappa shape index (κ1) is 15.6. The van der Waals surface area contributed by atoms with Gasteiger partial charge in [-0.05, 0) is 39.0 Å². The molecule has 0 amide bonds. The molecule has 0 radical (unpaired) electrons. The number of nitrogens with zero attached hydrogens (tertiary/aromatic N) is 2. The van der Waals surface area contributed by atoms with Crippen LogP contribution in [0.1, 0.15) is 26.6 Å². The van der Waals surface area contributed by atoms with Crippen LogP contribution in [-0.4, -0.2) is 21.8 Å². The SMILES string of the molecule is CCOC(C)(C)Cn1c(C(F)(F)F)nc2cc(N)ccc21. The van der Waals surface area contributed by atoms with Gasteiger partial charge in [-0.2, -0.15) is 13.2 Å². The zero-order chi connectivity index (χ0) is 15.8. The summed E-state index contributed by atoms with van der Waals surface area (Å²) >= 11 is 0. The molecule has 2 N–H and O–H groups in total. The smallest absolute Gasteiger partial charge is 0.399 e. The van der Waals surface area contributed by atoms with Crippen LogP contribution in [0.5, 0.6) is 0 Å². The van der Waals surface area contributed by atoms with E-state index in [-0.39, 0.29) is 12.1 Å². The van der Waals surface area contributed by atoms with Gasteiger partial charge in [0.1, 0.15) is 0 Å². The maximum atomic E-state index is 13.2. The van der Waals surface area contributed by atoms with Gasteiger partial charge in [0.25, 0.3) is 0 Å². The third-order valence-electron chi connectivity index (χ3n) is 3.10. The normalized spacial score (nSPS) is 13.0. The maximum Gasteiger partial charge on any atom is 0.449 e. The van der Waals surface area contributed by atoms with Gasteiger partial charge < -0.3 is 15.0 Å². The molecule has 1 aromatic carbocycles. The second-order valence-electron chi connectivity index (χ2n) is 5.46.